The van der Waals surface area contributed by atoms with Crippen molar-refractivity contribution in [1.29, 1.82) is 0 Å². The number of hydrogen-bond acceptors (Lipinski definition) is 6. The van der Waals surface area contributed by atoms with Crippen molar-refractivity contribution in [3.8, 4) is 45.2 Å². The Bertz CT molecular complexity index is 1700. The van der Waals surface area contributed by atoms with E-state index in [-0.39, 0.29) is 0 Å². The third-order valence-corrected chi connectivity index (χ3v) is 6.26. The summed E-state index contributed by atoms with van der Waals surface area (Å²) in [5.41, 5.74) is 6.24. The molecule has 0 amide bonds. The van der Waals surface area contributed by atoms with Gasteiger partial charge in [-0.15, -0.1) is 0 Å². The predicted molar refractivity (Wildman–Crippen MR) is 147 cm³/mol. The molecule has 6 nitrogen and oxygen atoms in total. The molecule has 0 saturated heterocycles. The van der Waals surface area contributed by atoms with Crippen LogP contribution >= 0.6 is 0 Å². The number of nitrogens with zero attached hydrogens (tertiary/aromatic N) is 4. The van der Waals surface area contributed by atoms with Gasteiger partial charge in [-0.1, -0.05) is 78.9 Å². The van der Waals surface area contributed by atoms with Gasteiger partial charge < -0.3 is 10.0 Å². The van der Waals surface area contributed by atoms with Crippen molar-refractivity contribution in [3.05, 3.63) is 116 Å². The van der Waals surface area contributed by atoms with E-state index in [0.717, 1.165) is 44.4 Å². The molecule has 0 fully saturated rings. The van der Waals surface area contributed by atoms with E-state index in [4.69, 9.17) is 9.97 Å². The molecule has 37 heavy (non-hydrogen) atoms. The maximum atomic E-state index is 9.71. The van der Waals surface area contributed by atoms with E-state index < -0.39 is 7.12 Å². The van der Waals surface area contributed by atoms with Gasteiger partial charge in [-0.25, -0.2) is 9.97 Å². The molecule has 0 aliphatic heterocycles. The molecule has 7 heteroatoms. The zero-order chi connectivity index (χ0) is 25.2. The summed E-state index contributed by atoms with van der Waals surface area (Å²) in [5.74, 6) is 0.542. The van der Waals surface area contributed by atoms with E-state index in [9.17, 15) is 10.0 Å². The molecule has 2 N–H and O–H groups in total. The van der Waals surface area contributed by atoms with Crippen LogP contribution in [0.15, 0.2) is 116 Å². The quantitative estimate of drug-likeness (QED) is 0.346. The van der Waals surface area contributed by atoms with Crippen molar-refractivity contribution in [2.24, 2.45) is 0 Å². The summed E-state index contributed by atoms with van der Waals surface area (Å²) in [6, 6.07) is 31.0. The van der Waals surface area contributed by atoms with Gasteiger partial charge in [-0.05, 0) is 34.6 Å². The minimum Gasteiger partial charge on any atom is -0.423 e. The highest BCUT2D eigenvalue weighted by atomic mass is 16.4. The summed E-state index contributed by atoms with van der Waals surface area (Å²) >= 11 is 0. The number of fused-ring (bicyclic) bond motifs is 1. The molecule has 0 aliphatic carbocycles. The van der Waals surface area contributed by atoms with E-state index in [2.05, 4.69) is 9.97 Å². The summed E-state index contributed by atoms with van der Waals surface area (Å²) in [6.07, 6.45) is 5.39. The van der Waals surface area contributed by atoms with Gasteiger partial charge in [0.2, 0.25) is 0 Å². The van der Waals surface area contributed by atoms with Crippen molar-refractivity contribution < 1.29 is 10.0 Å². The van der Waals surface area contributed by atoms with Crippen molar-refractivity contribution in [2.45, 2.75) is 0 Å². The molecule has 3 aromatic carbocycles. The Labute approximate surface area is 214 Å². The molecule has 0 saturated carbocycles. The molecule has 3 heterocycles. The molecule has 6 rings (SSSR count). The first-order valence-corrected chi connectivity index (χ1v) is 11.9. The van der Waals surface area contributed by atoms with E-state index in [1.165, 1.54) is 0 Å². The smallest absolute Gasteiger partial charge is 0.423 e. The van der Waals surface area contributed by atoms with Gasteiger partial charge in [0.05, 0.1) is 17.1 Å². The monoisotopic (exact) mass is 480 g/mol. The van der Waals surface area contributed by atoms with Crippen LogP contribution in [-0.4, -0.2) is 37.1 Å². The summed E-state index contributed by atoms with van der Waals surface area (Å²) in [6.45, 7) is 0. The Morgan fingerprint density at radius 1 is 0.595 bits per heavy atom. The van der Waals surface area contributed by atoms with Crippen LogP contribution in [0, 0.1) is 0 Å². The fourth-order valence-corrected chi connectivity index (χ4v) is 4.36. The number of rotatable bonds is 5. The summed E-state index contributed by atoms with van der Waals surface area (Å²) < 4.78 is 0. The largest absolute Gasteiger partial charge is 0.488 e. The minimum absolute atomic E-state index is 0.394. The van der Waals surface area contributed by atoms with Crippen molar-refractivity contribution in [1.82, 2.24) is 19.9 Å². The maximum Gasteiger partial charge on any atom is 0.488 e. The fourth-order valence-electron chi connectivity index (χ4n) is 4.36. The Hall–Kier alpha value is -4.72. The van der Waals surface area contributed by atoms with E-state index in [0.29, 0.717) is 17.0 Å². The third-order valence-electron chi connectivity index (χ3n) is 6.26. The van der Waals surface area contributed by atoms with Crippen LogP contribution in [0.1, 0.15) is 0 Å². The van der Waals surface area contributed by atoms with Gasteiger partial charge in [0.1, 0.15) is 0 Å². The van der Waals surface area contributed by atoms with Gasteiger partial charge >= 0.3 is 7.12 Å². The normalized spacial score (nSPS) is 11.0. The lowest BCUT2D eigenvalue weighted by molar-refractivity contribution is 0.426. The Morgan fingerprint density at radius 3 is 2.08 bits per heavy atom. The van der Waals surface area contributed by atoms with E-state index in [1.807, 2.05) is 85.1 Å². The summed E-state index contributed by atoms with van der Waals surface area (Å²) in [5, 5.41) is 21.4. The Kier molecular flexibility index (Phi) is 5.98. The third kappa shape index (κ3) is 4.61. The Morgan fingerprint density at radius 2 is 1.32 bits per heavy atom. The van der Waals surface area contributed by atoms with Crippen LogP contribution in [0.3, 0.4) is 0 Å². The van der Waals surface area contributed by atoms with Crippen molar-refractivity contribution in [3.63, 3.8) is 0 Å². The van der Waals surface area contributed by atoms with Gasteiger partial charge in [0.15, 0.2) is 5.82 Å². The first-order chi connectivity index (χ1) is 18.2. The van der Waals surface area contributed by atoms with Crippen LogP contribution in [0.25, 0.3) is 55.9 Å². The first kappa shape index (κ1) is 22.7. The molecule has 3 aromatic heterocycles. The number of hydrogen-bond donors (Lipinski definition) is 2. The highest BCUT2D eigenvalue weighted by molar-refractivity contribution is 6.58. The van der Waals surface area contributed by atoms with Crippen LogP contribution in [0.2, 0.25) is 0 Å². The lowest BCUT2D eigenvalue weighted by Crippen LogP contribution is -2.29. The molecule has 0 aliphatic rings. The zero-order valence-corrected chi connectivity index (χ0v) is 19.7. The Balaban J connectivity index is 1.52. The molecular weight excluding hydrogens is 459 g/mol. The predicted octanol–water partition coefficient (Wildman–Crippen LogP) is 4.77. The molecule has 0 radical (unpaired) electrons. The fraction of sp³-hybridized carbons (Fsp3) is 0. The average molecular weight is 480 g/mol. The second kappa shape index (κ2) is 9.74. The van der Waals surface area contributed by atoms with Gasteiger partial charge in [0, 0.05) is 40.7 Å². The van der Waals surface area contributed by atoms with Crippen LogP contribution in [0.4, 0.5) is 0 Å². The molecule has 176 valence electrons. The van der Waals surface area contributed by atoms with Gasteiger partial charge in [0.25, 0.3) is 0 Å². The lowest BCUT2D eigenvalue weighted by Gasteiger charge is -2.12. The van der Waals surface area contributed by atoms with Gasteiger partial charge in [-0.2, -0.15) is 0 Å². The maximum absolute atomic E-state index is 9.71. The number of benzene rings is 3. The second-order valence-electron chi connectivity index (χ2n) is 8.66. The second-order valence-corrected chi connectivity index (χ2v) is 8.66. The van der Waals surface area contributed by atoms with Crippen molar-refractivity contribution >= 4 is 23.4 Å². The molecule has 6 aromatic rings. The lowest BCUT2D eigenvalue weighted by atomic mass is 9.79. The standard InChI is InChI=1S/C30H21BN4O2/c36-31(37)24-8-5-7-22(16-24)29-17-28(21-13-11-20(12-14-21)27-10-3-4-15-33-27)34-30(35-29)26-19-32-18-23-6-1-2-9-25(23)26/h1-19,36-37H. The molecule has 0 atom stereocenters. The summed E-state index contributed by atoms with van der Waals surface area (Å²) in [7, 11) is -1.57. The molecule has 0 bridgehead atoms. The molecule has 0 spiro atoms. The average Bonchev–Trinajstić information content (AvgIpc) is 2.97. The SMILES string of the molecule is OB(O)c1cccc(-c2cc(-c3ccc(-c4ccccn4)cc3)nc(-c3cncc4ccccc34)n2)c1. The highest BCUT2D eigenvalue weighted by Gasteiger charge is 2.16. The number of pyridine rings is 2. The first-order valence-electron chi connectivity index (χ1n) is 11.9. The molecule has 0 unspecified atom stereocenters. The minimum atomic E-state index is -1.57. The van der Waals surface area contributed by atoms with Crippen LogP contribution in [0.5, 0.6) is 0 Å². The van der Waals surface area contributed by atoms with Crippen molar-refractivity contribution in [2.75, 3.05) is 0 Å². The molecular formula is C30H21BN4O2. The highest BCUT2D eigenvalue weighted by Crippen LogP contribution is 2.31. The van der Waals surface area contributed by atoms with Crippen LogP contribution in [-0.2, 0) is 0 Å². The summed E-state index contributed by atoms with van der Waals surface area (Å²) in [4.78, 5) is 18.7. The zero-order valence-electron chi connectivity index (χ0n) is 19.7. The van der Waals surface area contributed by atoms with Crippen LogP contribution < -0.4 is 5.46 Å². The van der Waals surface area contributed by atoms with Gasteiger partial charge in [-0.3, -0.25) is 9.97 Å². The van der Waals surface area contributed by atoms with E-state index >= 15 is 0 Å². The topological polar surface area (TPSA) is 92.0 Å². The number of aromatic nitrogens is 4. The van der Waals surface area contributed by atoms with E-state index in [1.54, 1.807) is 30.6 Å².